The van der Waals surface area contributed by atoms with Gasteiger partial charge in [0.15, 0.2) is 0 Å². The third-order valence-corrected chi connectivity index (χ3v) is 3.29. The zero-order valence-electron chi connectivity index (χ0n) is 10.4. The Morgan fingerprint density at radius 1 is 1.47 bits per heavy atom. The first kappa shape index (κ1) is 12.3. The fourth-order valence-corrected chi connectivity index (χ4v) is 2.16. The Morgan fingerprint density at radius 2 is 2.29 bits per heavy atom. The number of anilines is 1. The minimum absolute atomic E-state index is 0.149. The average Bonchev–Trinajstić information content (AvgIpc) is 2.35. The minimum Gasteiger partial charge on any atom is -0.393 e. The number of hydrogen-bond donors (Lipinski definition) is 2. The van der Waals surface area contributed by atoms with Crippen LogP contribution in [-0.4, -0.2) is 46.2 Å². The summed E-state index contributed by atoms with van der Waals surface area (Å²) < 4.78 is 0. The largest absolute Gasteiger partial charge is 0.393 e. The van der Waals surface area contributed by atoms with Gasteiger partial charge in [0, 0.05) is 26.7 Å². The Balaban J connectivity index is 1.92. The Kier molecular flexibility index (Phi) is 3.91. The molecule has 1 aliphatic rings. The van der Waals surface area contributed by atoms with Gasteiger partial charge in [0.05, 0.1) is 24.2 Å². The maximum absolute atomic E-state index is 9.67. The van der Waals surface area contributed by atoms with Crippen LogP contribution in [0.25, 0.3) is 0 Å². The van der Waals surface area contributed by atoms with Crippen LogP contribution in [0.4, 0.5) is 5.82 Å². The molecule has 1 aromatic rings. The number of likely N-dealkylation sites (tertiary alicyclic amines) is 1. The van der Waals surface area contributed by atoms with Crippen LogP contribution < -0.4 is 5.32 Å². The quantitative estimate of drug-likeness (QED) is 0.810. The lowest BCUT2D eigenvalue weighted by Crippen LogP contribution is -2.41. The van der Waals surface area contributed by atoms with Crippen LogP contribution >= 0.6 is 0 Å². The van der Waals surface area contributed by atoms with Gasteiger partial charge in [-0.15, -0.1) is 0 Å². The van der Waals surface area contributed by atoms with Gasteiger partial charge in [-0.2, -0.15) is 0 Å². The van der Waals surface area contributed by atoms with E-state index in [-0.39, 0.29) is 6.10 Å². The van der Waals surface area contributed by atoms with E-state index in [0.717, 1.165) is 37.6 Å². The van der Waals surface area contributed by atoms with Crippen molar-refractivity contribution in [2.24, 2.45) is 5.92 Å². The lowest BCUT2D eigenvalue weighted by atomic mass is 9.97. The van der Waals surface area contributed by atoms with Crippen LogP contribution in [0.5, 0.6) is 0 Å². The van der Waals surface area contributed by atoms with Gasteiger partial charge in [-0.25, -0.2) is 4.98 Å². The molecule has 0 saturated carbocycles. The molecule has 0 radical (unpaired) electrons. The molecule has 1 aromatic heterocycles. The Hall–Kier alpha value is -1.20. The Labute approximate surface area is 102 Å². The summed E-state index contributed by atoms with van der Waals surface area (Å²) in [7, 11) is 1.83. The third kappa shape index (κ3) is 3.14. The number of nitrogens with one attached hydrogen (secondary N) is 1. The number of aliphatic hydroxyl groups excluding tert-OH is 1. The number of rotatable bonds is 3. The summed E-state index contributed by atoms with van der Waals surface area (Å²) in [6.45, 7) is 4.76. The first-order valence-electron chi connectivity index (χ1n) is 6.08. The zero-order valence-corrected chi connectivity index (χ0v) is 10.4. The van der Waals surface area contributed by atoms with E-state index in [1.807, 2.05) is 13.2 Å². The minimum atomic E-state index is -0.149. The summed E-state index contributed by atoms with van der Waals surface area (Å²) in [4.78, 5) is 10.9. The molecule has 0 bridgehead atoms. The van der Waals surface area contributed by atoms with Crippen molar-refractivity contribution in [1.82, 2.24) is 14.9 Å². The molecule has 17 heavy (non-hydrogen) atoms. The number of aliphatic hydroxyl groups is 1. The molecule has 2 atom stereocenters. The third-order valence-electron chi connectivity index (χ3n) is 3.29. The highest BCUT2D eigenvalue weighted by Crippen LogP contribution is 2.17. The van der Waals surface area contributed by atoms with Crippen molar-refractivity contribution in [2.75, 3.05) is 25.5 Å². The maximum Gasteiger partial charge on any atom is 0.144 e. The monoisotopic (exact) mass is 236 g/mol. The van der Waals surface area contributed by atoms with Crippen LogP contribution in [0.3, 0.4) is 0 Å². The van der Waals surface area contributed by atoms with Gasteiger partial charge < -0.3 is 10.4 Å². The van der Waals surface area contributed by atoms with E-state index in [9.17, 15) is 5.11 Å². The van der Waals surface area contributed by atoms with Gasteiger partial charge in [-0.05, 0) is 12.3 Å². The molecule has 0 amide bonds. The van der Waals surface area contributed by atoms with Gasteiger partial charge >= 0.3 is 0 Å². The second kappa shape index (κ2) is 5.42. The highest BCUT2D eigenvalue weighted by atomic mass is 16.3. The summed E-state index contributed by atoms with van der Waals surface area (Å²) in [5, 5.41) is 12.6. The number of aromatic nitrogens is 2. The molecule has 2 heterocycles. The molecule has 2 N–H and O–H groups in total. The van der Waals surface area contributed by atoms with Crippen LogP contribution in [0.15, 0.2) is 12.4 Å². The molecule has 5 nitrogen and oxygen atoms in total. The molecule has 1 aliphatic heterocycles. The predicted molar refractivity (Wildman–Crippen MR) is 66.6 cm³/mol. The Bertz CT molecular complexity index is 354. The van der Waals surface area contributed by atoms with E-state index in [2.05, 4.69) is 27.1 Å². The summed E-state index contributed by atoms with van der Waals surface area (Å²) >= 11 is 0. The highest BCUT2D eigenvalue weighted by Gasteiger charge is 2.24. The fourth-order valence-electron chi connectivity index (χ4n) is 2.16. The second-order valence-electron chi connectivity index (χ2n) is 4.71. The van der Waals surface area contributed by atoms with Gasteiger partial charge in [0.25, 0.3) is 0 Å². The van der Waals surface area contributed by atoms with Crippen molar-refractivity contribution in [3.05, 3.63) is 18.1 Å². The van der Waals surface area contributed by atoms with Crippen molar-refractivity contribution < 1.29 is 5.11 Å². The van der Waals surface area contributed by atoms with Crippen molar-refractivity contribution in [3.8, 4) is 0 Å². The Morgan fingerprint density at radius 3 is 2.88 bits per heavy atom. The van der Waals surface area contributed by atoms with Crippen molar-refractivity contribution >= 4 is 5.82 Å². The normalized spacial score (nSPS) is 25.8. The van der Waals surface area contributed by atoms with Gasteiger partial charge in [-0.3, -0.25) is 9.88 Å². The lowest BCUT2D eigenvalue weighted by molar-refractivity contribution is 0.0315. The van der Waals surface area contributed by atoms with Crippen molar-refractivity contribution in [1.29, 1.82) is 0 Å². The average molecular weight is 236 g/mol. The van der Waals surface area contributed by atoms with Gasteiger partial charge in [0.2, 0.25) is 0 Å². The summed E-state index contributed by atoms with van der Waals surface area (Å²) in [5.74, 6) is 1.13. The molecule has 1 saturated heterocycles. The van der Waals surface area contributed by atoms with E-state index < -0.39 is 0 Å². The molecular formula is C12H20N4O. The van der Waals surface area contributed by atoms with E-state index in [1.54, 1.807) is 6.20 Å². The van der Waals surface area contributed by atoms with E-state index in [4.69, 9.17) is 0 Å². The molecule has 2 unspecified atom stereocenters. The topological polar surface area (TPSA) is 61.3 Å². The molecule has 94 valence electrons. The second-order valence-corrected chi connectivity index (χ2v) is 4.71. The SMILES string of the molecule is CNc1cnc(CN2CCC(O)C(C)C2)cn1. The summed E-state index contributed by atoms with van der Waals surface area (Å²) in [6, 6.07) is 0. The van der Waals surface area contributed by atoms with E-state index in [1.165, 1.54) is 0 Å². The highest BCUT2D eigenvalue weighted by molar-refractivity contribution is 5.29. The fraction of sp³-hybridized carbons (Fsp3) is 0.667. The lowest BCUT2D eigenvalue weighted by Gasteiger charge is -2.33. The van der Waals surface area contributed by atoms with Crippen LogP contribution in [-0.2, 0) is 6.54 Å². The number of hydrogen-bond acceptors (Lipinski definition) is 5. The van der Waals surface area contributed by atoms with Crippen molar-refractivity contribution in [3.63, 3.8) is 0 Å². The molecule has 2 rings (SSSR count). The van der Waals surface area contributed by atoms with Crippen LogP contribution in [0, 0.1) is 5.92 Å². The first-order chi connectivity index (χ1) is 8.19. The number of nitrogens with zero attached hydrogens (tertiary/aromatic N) is 3. The van der Waals surface area contributed by atoms with Gasteiger partial charge in [0.1, 0.15) is 5.82 Å². The molecule has 5 heteroatoms. The van der Waals surface area contributed by atoms with Crippen molar-refractivity contribution in [2.45, 2.75) is 26.0 Å². The van der Waals surface area contributed by atoms with Gasteiger partial charge in [-0.1, -0.05) is 6.92 Å². The molecule has 0 aliphatic carbocycles. The molecule has 0 aromatic carbocycles. The molecule has 1 fully saturated rings. The van der Waals surface area contributed by atoms with Crippen LogP contribution in [0.1, 0.15) is 19.0 Å². The van der Waals surface area contributed by atoms with E-state index >= 15 is 0 Å². The summed E-state index contributed by atoms with van der Waals surface area (Å²) in [5.41, 5.74) is 0.979. The zero-order chi connectivity index (χ0) is 12.3. The first-order valence-corrected chi connectivity index (χ1v) is 6.08. The maximum atomic E-state index is 9.67. The predicted octanol–water partition coefficient (Wildman–Crippen LogP) is 0.721. The van der Waals surface area contributed by atoms with E-state index in [0.29, 0.717) is 5.92 Å². The van der Waals surface area contributed by atoms with Crippen LogP contribution in [0.2, 0.25) is 0 Å². The smallest absolute Gasteiger partial charge is 0.144 e. The standard InChI is InChI=1S/C12H20N4O/c1-9-7-16(4-3-11(9)17)8-10-5-15-12(13-2)6-14-10/h5-6,9,11,17H,3-4,7-8H2,1-2H3,(H,13,15). The molecule has 0 spiro atoms. The summed E-state index contributed by atoms with van der Waals surface area (Å²) in [6.07, 6.45) is 4.26. The number of piperidine rings is 1. The molecular weight excluding hydrogens is 216 g/mol.